The highest BCUT2D eigenvalue weighted by molar-refractivity contribution is 5.92. The number of pyridine rings is 1. The molecule has 1 N–H and O–H groups in total. The van der Waals surface area contributed by atoms with Gasteiger partial charge in [0.25, 0.3) is 0 Å². The van der Waals surface area contributed by atoms with Crippen molar-refractivity contribution in [2.24, 2.45) is 0 Å². The van der Waals surface area contributed by atoms with Crippen molar-refractivity contribution in [3.63, 3.8) is 0 Å². The van der Waals surface area contributed by atoms with Crippen molar-refractivity contribution in [2.45, 2.75) is 58.8 Å². The molecule has 0 saturated carbocycles. The molecule has 0 aliphatic carbocycles. The summed E-state index contributed by atoms with van der Waals surface area (Å²) in [5.41, 5.74) is 8.37. The van der Waals surface area contributed by atoms with E-state index in [4.69, 9.17) is 0 Å². The number of aromatic nitrogens is 4. The third-order valence-corrected chi connectivity index (χ3v) is 7.19. The molecule has 172 valence electrons. The number of nitrogens with zero attached hydrogens (tertiary/aromatic N) is 4. The van der Waals surface area contributed by atoms with Crippen LogP contribution in [-0.4, -0.2) is 49.9 Å². The molecule has 6 heteroatoms. The van der Waals surface area contributed by atoms with Crippen LogP contribution >= 0.6 is 0 Å². The second kappa shape index (κ2) is 8.75. The Morgan fingerprint density at radius 3 is 2.73 bits per heavy atom. The highest BCUT2D eigenvalue weighted by atomic mass is 16.1. The van der Waals surface area contributed by atoms with Crippen LogP contribution in [0.15, 0.2) is 36.8 Å². The molecule has 33 heavy (non-hydrogen) atoms. The summed E-state index contributed by atoms with van der Waals surface area (Å²) in [6.07, 6.45) is 6.54. The van der Waals surface area contributed by atoms with Crippen molar-refractivity contribution >= 4 is 22.3 Å². The fourth-order valence-electron chi connectivity index (χ4n) is 5.30. The zero-order valence-corrected chi connectivity index (χ0v) is 20.1. The van der Waals surface area contributed by atoms with E-state index >= 15 is 0 Å². The number of carbonyl (C=O) groups is 1. The Kier molecular flexibility index (Phi) is 5.79. The number of rotatable bonds is 6. The van der Waals surface area contributed by atoms with E-state index in [9.17, 15) is 4.79 Å². The van der Waals surface area contributed by atoms with E-state index < -0.39 is 0 Å². The molecule has 1 aliphatic rings. The molecular formula is C27H33N5O. The largest absolute Gasteiger partial charge is 0.354 e. The minimum absolute atomic E-state index is 0.343. The molecule has 5 rings (SSSR count). The molecule has 3 aromatic heterocycles. The van der Waals surface area contributed by atoms with E-state index in [2.05, 4.69) is 71.2 Å². The lowest BCUT2D eigenvalue weighted by Crippen LogP contribution is -2.36. The summed E-state index contributed by atoms with van der Waals surface area (Å²) >= 11 is 0. The second-order valence-corrected chi connectivity index (χ2v) is 9.75. The predicted molar refractivity (Wildman–Crippen MR) is 133 cm³/mol. The number of hydrogen-bond donors (Lipinski definition) is 1. The lowest BCUT2D eigenvalue weighted by molar-refractivity contribution is -0.120. The molecule has 1 aromatic carbocycles. The number of Topliss-reactive ketones (excluding diaryl/α,β-unsaturated/α-hetero) is 1. The van der Waals surface area contributed by atoms with E-state index in [1.54, 1.807) is 6.33 Å². The quantitative estimate of drug-likeness (QED) is 0.429. The number of hydrogen-bond acceptors (Lipinski definition) is 4. The van der Waals surface area contributed by atoms with Crippen LogP contribution in [0.5, 0.6) is 0 Å². The summed E-state index contributed by atoms with van der Waals surface area (Å²) < 4.78 is 1.85. The van der Waals surface area contributed by atoms with Crippen molar-refractivity contribution < 1.29 is 4.79 Å². The number of fused-ring (bicyclic) bond motifs is 2. The molecule has 0 atom stereocenters. The van der Waals surface area contributed by atoms with Crippen molar-refractivity contribution in [3.8, 4) is 11.3 Å². The van der Waals surface area contributed by atoms with Crippen LogP contribution < -0.4 is 0 Å². The van der Waals surface area contributed by atoms with Gasteiger partial charge in [0.15, 0.2) is 5.65 Å². The first-order valence-electron chi connectivity index (χ1n) is 12.1. The maximum absolute atomic E-state index is 11.8. The van der Waals surface area contributed by atoms with Gasteiger partial charge in [-0.3, -0.25) is 9.69 Å². The summed E-state index contributed by atoms with van der Waals surface area (Å²) in [5, 5.41) is 5.66. The number of piperidine rings is 1. The van der Waals surface area contributed by atoms with Crippen molar-refractivity contribution in [1.82, 2.24) is 24.5 Å². The zero-order chi connectivity index (χ0) is 23.1. The summed E-state index contributed by atoms with van der Waals surface area (Å²) in [4.78, 5) is 22.2. The Balaban J connectivity index is 1.49. The van der Waals surface area contributed by atoms with Crippen LogP contribution in [0.2, 0.25) is 0 Å². The maximum Gasteiger partial charge on any atom is 0.155 e. The van der Waals surface area contributed by atoms with E-state index in [1.165, 1.54) is 38.9 Å². The standard InChI is InChI=1S/C27H33N5O/c1-5-21(33)14-31-10-8-19(9-11-31)20-6-7-24-22(13-20)26(17(2)3)27(30-24)23-15-32-25(12-18(23)4)28-16-29-32/h6-7,12-13,15-17,19,30H,5,8-11,14H2,1-4H3. The van der Waals surface area contributed by atoms with E-state index in [1.807, 2.05) is 11.4 Å². The molecule has 6 nitrogen and oxygen atoms in total. The van der Waals surface area contributed by atoms with Crippen LogP contribution in [-0.2, 0) is 4.79 Å². The summed E-state index contributed by atoms with van der Waals surface area (Å²) in [5.74, 6) is 1.28. The third-order valence-electron chi connectivity index (χ3n) is 7.19. The summed E-state index contributed by atoms with van der Waals surface area (Å²) in [7, 11) is 0. The van der Waals surface area contributed by atoms with E-state index in [-0.39, 0.29) is 0 Å². The van der Waals surface area contributed by atoms with E-state index in [0.717, 1.165) is 31.6 Å². The van der Waals surface area contributed by atoms with Crippen LogP contribution in [0, 0.1) is 6.92 Å². The topological polar surface area (TPSA) is 66.3 Å². The maximum atomic E-state index is 11.8. The number of carbonyl (C=O) groups excluding carboxylic acids is 1. The number of benzene rings is 1. The van der Waals surface area contributed by atoms with Gasteiger partial charge in [-0.05, 0) is 79.6 Å². The second-order valence-electron chi connectivity index (χ2n) is 9.75. The third kappa shape index (κ3) is 4.08. The molecular weight excluding hydrogens is 410 g/mol. The summed E-state index contributed by atoms with van der Waals surface area (Å²) in [6.45, 7) is 11.2. The molecule has 4 aromatic rings. The number of H-pyrrole nitrogens is 1. The van der Waals surface area contributed by atoms with Gasteiger partial charge < -0.3 is 4.98 Å². The van der Waals surface area contributed by atoms with Gasteiger partial charge in [-0.1, -0.05) is 26.8 Å². The van der Waals surface area contributed by atoms with Gasteiger partial charge in [-0.25, -0.2) is 9.50 Å². The predicted octanol–water partition coefficient (Wildman–Crippen LogP) is 5.47. The van der Waals surface area contributed by atoms with Crippen LogP contribution in [0.3, 0.4) is 0 Å². The molecule has 0 bridgehead atoms. The Morgan fingerprint density at radius 1 is 1.21 bits per heavy atom. The van der Waals surface area contributed by atoms with Crippen LogP contribution in [0.1, 0.15) is 68.6 Å². The van der Waals surface area contributed by atoms with Gasteiger partial charge in [0.2, 0.25) is 0 Å². The molecule has 0 spiro atoms. The molecule has 1 saturated heterocycles. The lowest BCUT2D eigenvalue weighted by atomic mass is 9.87. The number of nitrogens with one attached hydrogen (secondary N) is 1. The fraction of sp³-hybridized carbons (Fsp3) is 0.444. The monoisotopic (exact) mass is 443 g/mol. The highest BCUT2D eigenvalue weighted by Gasteiger charge is 2.24. The van der Waals surface area contributed by atoms with Gasteiger partial charge in [-0.2, -0.15) is 5.10 Å². The van der Waals surface area contributed by atoms with Gasteiger partial charge in [0.1, 0.15) is 12.1 Å². The molecule has 1 fully saturated rings. The SMILES string of the molecule is CCC(=O)CN1CCC(c2ccc3[nH]c(-c4cn5ncnc5cc4C)c(C(C)C)c3c2)CC1. The molecule has 0 radical (unpaired) electrons. The molecule has 4 heterocycles. The highest BCUT2D eigenvalue weighted by Crippen LogP contribution is 2.39. The van der Waals surface area contributed by atoms with Crippen molar-refractivity contribution in [1.29, 1.82) is 0 Å². The van der Waals surface area contributed by atoms with Crippen molar-refractivity contribution in [3.05, 3.63) is 53.5 Å². The average molecular weight is 444 g/mol. The Labute approximate surface area is 195 Å². The van der Waals surface area contributed by atoms with Gasteiger partial charge in [0, 0.05) is 29.1 Å². The Morgan fingerprint density at radius 2 is 2.00 bits per heavy atom. The minimum Gasteiger partial charge on any atom is -0.354 e. The van der Waals surface area contributed by atoms with Crippen molar-refractivity contribution in [2.75, 3.05) is 19.6 Å². The summed E-state index contributed by atoms with van der Waals surface area (Å²) in [6, 6.07) is 9.04. The number of likely N-dealkylation sites (tertiary alicyclic amines) is 1. The minimum atomic E-state index is 0.343. The number of ketones is 1. The van der Waals surface area contributed by atoms with Gasteiger partial charge in [0.05, 0.1) is 12.2 Å². The molecule has 0 unspecified atom stereocenters. The number of aryl methyl sites for hydroxylation is 1. The lowest BCUT2D eigenvalue weighted by Gasteiger charge is -2.31. The first-order valence-corrected chi connectivity index (χ1v) is 12.1. The normalized spacial score (nSPS) is 15.8. The van der Waals surface area contributed by atoms with Crippen LogP contribution in [0.4, 0.5) is 0 Å². The fourth-order valence-corrected chi connectivity index (χ4v) is 5.30. The number of aromatic amines is 1. The zero-order valence-electron chi connectivity index (χ0n) is 20.1. The average Bonchev–Trinajstić information content (AvgIpc) is 3.42. The molecule has 0 amide bonds. The first-order chi connectivity index (χ1) is 15.9. The van der Waals surface area contributed by atoms with Gasteiger partial charge in [-0.15, -0.1) is 0 Å². The first kappa shape index (κ1) is 21.8. The smallest absolute Gasteiger partial charge is 0.155 e. The van der Waals surface area contributed by atoms with E-state index in [0.29, 0.717) is 30.6 Å². The molecule has 1 aliphatic heterocycles. The van der Waals surface area contributed by atoms with Gasteiger partial charge >= 0.3 is 0 Å². The van der Waals surface area contributed by atoms with Crippen LogP contribution in [0.25, 0.3) is 27.8 Å². The Hall–Kier alpha value is -2.99. The Bertz CT molecular complexity index is 1310.